The molecule has 1 heterocycles. The molecule has 3 aromatic rings. The van der Waals surface area contributed by atoms with Gasteiger partial charge in [0.2, 0.25) is 5.91 Å². The summed E-state index contributed by atoms with van der Waals surface area (Å²) in [5.74, 6) is -2.10. The Bertz CT molecular complexity index is 1330. The Morgan fingerprint density at radius 2 is 1.59 bits per heavy atom. The van der Waals surface area contributed by atoms with Crippen LogP contribution < -0.4 is 10.6 Å². The number of carboxylic acids is 1. The molecule has 41 heavy (non-hydrogen) atoms. The van der Waals surface area contributed by atoms with Crippen molar-refractivity contribution in [1.29, 1.82) is 0 Å². The lowest BCUT2D eigenvalue weighted by Crippen LogP contribution is -2.54. The zero-order valence-electron chi connectivity index (χ0n) is 22.8. The standard InChI is InChI=1S/C32H34N2O7/c1-20(39-17-21-9-3-2-4-10-21)29(30(35)33-16-23-15-22(18-40-23)31(36)37)34-32(38)41-19-28-26-13-7-5-11-24(26)25-12-6-8-14-27(25)28/h2-14,20,22-23,28-29H,15-19H2,1H3,(H,33,35)(H,34,38)(H,36,37)/t20-,22-,23-,29+/m0/s1. The van der Waals surface area contributed by atoms with Crippen LogP contribution in [-0.4, -0.2) is 61.1 Å². The van der Waals surface area contributed by atoms with Crippen LogP contribution in [0.15, 0.2) is 78.9 Å². The van der Waals surface area contributed by atoms with Gasteiger partial charge < -0.3 is 30.0 Å². The Balaban J connectivity index is 1.22. The van der Waals surface area contributed by atoms with Crippen molar-refractivity contribution in [3.63, 3.8) is 0 Å². The number of alkyl carbamates (subject to hydrolysis) is 1. The summed E-state index contributed by atoms with van der Waals surface area (Å²) in [5.41, 5.74) is 5.35. The molecule has 0 aromatic heterocycles. The summed E-state index contributed by atoms with van der Waals surface area (Å²) in [6.45, 7) is 2.30. The SMILES string of the molecule is C[C@H](OCc1ccccc1)[C@@H](NC(=O)OCC1c2ccccc2-c2ccccc21)C(=O)NC[C@@H]1C[C@H](C(=O)O)CO1. The van der Waals surface area contributed by atoms with Crippen LogP contribution in [0.1, 0.15) is 36.0 Å². The van der Waals surface area contributed by atoms with Gasteiger partial charge in [-0.05, 0) is 41.2 Å². The number of nitrogens with one attached hydrogen (secondary N) is 2. The summed E-state index contributed by atoms with van der Waals surface area (Å²) in [4.78, 5) is 37.5. The number of rotatable bonds is 11. The molecule has 3 aromatic carbocycles. The van der Waals surface area contributed by atoms with Crippen LogP contribution in [0.5, 0.6) is 0 Å². The molecule has 1 aliphatic heterocycles. The van der Waals surface area contributed by atoms with E-state index in [9.17, 15) is 19.5 Å². The summed E-state index contributed by atoms with van der Waals surface area (Å²) in [5, 5.41) is 14.7. The van der Waals surface area contributed by atoms with Crippen LogP contribution >= 0.6 is 0 Å². The predicted molar refractivity (Wildman–Crippen MR) is 151 cm³/mol. The van der Waals surface area contributed by atoms with Crippen molar-refractivity contribution >= 4 is 18.0 Å². The molecule has 5 rings (SSSR count). The second-order valence-electron chi connectivity index (χ2n) is 10.4. The van der Waals surface area contributed by atoms with Crippen LogP contribution in [-0.2, 0) is 30.4 Å². The third-order valence-electron chi connectivity index (χ3n) is 7.66. The molecule has 2 aliphatic rings. The summed E-state index contributed by atoms with van der Waals surface area (Å²) in [6.07, 6.45) is -1.53. The quantitative estimate of drug-likeness (QED) is 0.324. The topological polar surface area (TPSA) is 123 Å². The molecule has 1 fully saturated rings. The maximum atomic E-state index is 13.3. The van der Waals surface area contributed by atoms with Crippen LogP contribution in [0, 0.1) is 5.92 Å². The van der Waals surface area contributed by atoms with Crippen LogP contribution in [0.4, 0.5) is 4.79 Å². The van der Waals surface area contributed by atoms with Crippen molar-refractivity contribution in [2.75, 3.05) is 19.8 Å². The van der Waals surface area contributed by atoms with Gasteiger partial charge in [-0.25, -0.2) is 4.79 Å². The highest BCUT2D eigenvalue weighted by molar-refractivity contribution is 5.86. The fraction of sp³-hybridized carbons (Fsp3) is 0.344. The number of aliphatic carboxylic acids is 1. The average Bonchev–Trinajstić information content (AvgIpc) is 3.60. The van der Waals surface area contributed by atoms with Crippen LogP contribution in [0.2, 0.25) is 0 Å². The zero-order valence-corrected chi connectivity index (χ0v) is 22.8. The molecular formula is C32H34N2O7. The van der Waals surface area contributed by atoms with Crippen molar-refractivity contribution in [3.05, 3.63) is 95.6 Å². The largest absolute Gasteiger partial charge is 0.481 e. The first-order valence-corrected chi connectivity index (χ1v) is 13.8. The molecular weight excluding hydrogens is 524 g/mol. The van der Waals surface area contributed by atoms with Gasteiger partial charge in [0.1, 0.15) is 12.6 Å². The smallest absolute Gasteiger partial charge is 0.407 e. The summed E-state index contributed by atoms with van der Waals surface area (Å²) >= 11 is 0. The van der Waals surface area contributed by atoms with E-state index < -0.39 is 42.1 Å². The van der Waals surface area contributed by atoms with E-state index >= 15 is 0 Å². The number of fused-ring (bicyclic) bond motifs is 3. The lowest BCUT2D eigenvalue weighted by molar-refractivity contribution is -0.141. The van der Waals surface area contributed by atoms with Gasteiger partial charge in [0, 0.05) is 12.5 Å². The highest BCUT2D eigenvalue weighted by Crippen LogP contribution is 2.44. The maximum Gasteiger partial charge on any atom is 0.407 e. The number of carbonyl (C=O) groups excluding carboxylic acids is 2. The highest BCUT2D eigenvalue weighted by atomic mass is 16.5. The van der Waals surface area contributed by atoms with E-state index in [0.717, 1.165) is 27.8 Å². The molecule has 3 N–H and O–H groups in total. The normalized spacial score (nSPS) is 19.0. The summed E-state index contributed by atoms with van der Waals surface area (Å²) in [7, 11) is 0. The minimum absolute atomic E-state index is 0.105. The number of hydrogen-bond acceptors (Lipinski definition) is 6. The molecule has 2 amide bonds. The van der Waals surface area contributed by atoms with Gasteiger partial charge in [-0.2, -0.15) is 0 Å². The number of amides is 2. The number of carboxylic acid groups (broad SMARTS) is 1. The van der Waals surface area contributed by atoms with E-state index in [0.29, 0.717) is 6.42 Å². The predicted octanol–water partition coefficient (Wildman–Crippen LogP) is 4.10. The minimum Gasteiger partial charge on any atom is -0.481 e. The van der Waals surface area contributed by atoms with Crippen molar-refractivity contribution in [2.24, 2.45) is 5.92 Å². The third kappa shape index (κ3) is 6.75. The van der Waals surface area contributed by atoms with Crippen molar-refractivity contribution < 1.29 is 33.7 Å². The van der Waals surface area contributed by atoms with E-state index in [2.05, 4.69) is 22.8 Å². The molecule has 214 valence electrons. The number of carbonyl (C=O) groups is 3. The molecule has 1 saturated heterocycles. The fourth-order valence-electron chi connectivity index (χ4n) is 5.41. The molecule has 0 radical (unpaired) electrons. The van der Waals surface area contributed by atoms with Crippen LogP contribution in [0.25, 0.3) is 11.1 Å². The van der Waals surface area contributed by atoms with Gasteiger partial charge >= 0.3 is 12.1 Å². The van der Waals surface area contributed by atoms with Gasteiger partial charge in [-0.1, -0.05) is 78.9 Å². The average molecular weight is 559 g/mol. The highest BCUT2D eigenvalue weighted by Gasteiger charge is 2.34. The lowest BCUT2D eigenvalue weighted by atomic mass is 9.98. The Labute approximate surface area is 238 Å². The van der Waals surface area contributed by atoms with Gasteiger partial charge in [0.25, 0.3) is 0 Å². The lowest BCUT2D eigenvalue weighted by Gasteiger charge is -2.25. The molecule has 0 saturated carbocycles. The third-order valence-corrected chi connectivity index (χ3v) is 7.66. The van der Waals surface area contributed by atoms with Crippen molar-refractivity contribution in [3.8, 4) is 11.1 Å². The molecule has 1 aliphatic carbocycles. The summed E-state index contributed by atoms with van der Waals surface area (Å²) < 4.78 is 17.2. The molecule has 9 heteroatoms. The zero-order chi connectivity index (χ0) is 28.8. The molecule has 9 nitrogen and oxygen atoms in total. The van der Waals surface area contributed by atoms with E-state index in [1.807, 2.05) is 66.7 Å². The van der Waals surface area contributed by atoms with Crippen LogP contribution in [0.3, 0.4) is 0 Å². The first kappa shape index (κ1) is 28.3. The van der Waals surface area contributed by atoms with E-state index in [4.69, 9.17) is 14.2 Å². The van der Waals surface area contributed by atoms with Gasteiger partial charge in [-0.3, -0.25) is 9.59 Å². The molecule has 0 unspecified atom stereocenters. The van der Waals surface area contributed by atoms with E-state index in [1.165, 1.54) is 0 Å². The Hall–Kier alpha value is -4.21. The number of benzene rings is 3. The van der Waals surface area contributed by atoms with Gasteiger partial charge in [0.05, 0.1) is 31.3 Å². The Morgan fingerprint density at radius 1 is 0.951 bits per heavy atom. The number of hydrogen-bond donors (Lipinski definition) is 3. The maximum absolute atomic E-state index is 13.3. The molecule has 0 bridgehead atoms. The summed E-state index contributed by atoms with van der Waals surface area (Å²) in [6, 6.07) is 24.6. The fourth-order valence-corrected chi connectivity index (χ4v) is 5.41. The van der Waals surface area contributed by atoms with Gasteiger partial charge in [-0.15, -0.1) is 0 Å². The van der Waals surface area contributed by atoms with Crippen molar-refractivity contribution in [2.45, 2.75) is 44.1 Å². The second kappa shape index (κ2) is 13.0. The van der Waals surface area contributed by atoms with Gasteiger partial charge in [0.15, 0.2) is 0 Å². The first-order valence-electron chi connectivity index (χ1n) is 13.8. The Kier molecular flexibility index (Phi) is 8.96. The second-order valence-corrected chi connectivity index (χ2v) is 10.4. The Morgan fingerprint density at radius 3 is 2.22 bits per heavy atom. The monoisotopic (exact) mass is 558 g/mol. The molecule has 0 spiro atoms. The molecule has 4 atom stereocenters. The van der Waals surface area contributed by atoms with E-state index in [-0.39, 0.29) is 32.3 Å². The number of ether oxygens (including phenoxy) is 3. The van der Waals surface area contributed by atoms with Crippen molar-refractivity contribution in [1.82, 2.24) is 10.6 Å². The minimum atomic E-state index is -1.05. The first-order chi connectivity index (χ1) is 19.9. The van der Waals surface area contributed by atoms with E-state index in [1.54, 1.807) is 6.92 Å².